The molecule has 290 valence electrons. The average Bonchev–Trinajstić information content (AvgIpc) is 3.38. The summed E-state index contributed by atoms with van der Waals surface area (Å²) < 4.78 is 55.5. The second-order valence-corrected chi connectivity index (χ2v) is 18.8. The van der Waals surface area contributed by atoms with Crippen LogP contribution in [0.5, 0.6) is 0 Å². The summed E-state index contributed by atoms with van der Waals surface area (Å²) in [5, 5.41) is 11.3. The van der Waals surface area contributed by atoms with Crippen molar-refractivity contribution in [3.05, 3.63) is 63.1 Å². The zero-order valence-electron chi connectivity index (χ0n) is 31.2. The van der Waals surface area contributed by atoms with Crippen LogP contribution in [0.25, 0.3) is 32.9 Å². The van der Waals surface area contributed by atoms with E-state index in [9.17, 15) is 23.3 Å². The van der Waals surface area contributed by atoms with E-state index in [0.29, 0.717) is 34.3 Å². The van der Waals surface area contributed by atoms with Crippen molar-refractivity contribution < 1.29 is 31.3 Å². The molecule has 5 fully saturated rings. The van der Waals surface area contributed by atoms with Crippen molar-refractivity contribution in [2.45, 2.75) is 96.1 Å². The summed E-state index contributed by atoms with van der Waals surface area (Å²) in [6, 6.07) is 9.99. The van der Waals surface area contributed by atoms with Crippen molar-refractivity contribution in [1.29, 1.82) is 5.26 Å². The molecule has 4 aromatic rings. The first kappa shape index (κ1) is 37.9. The molecule has 5 heterocycles. The predicted octanol–water partition coefficient (Wildman–Crippen LogP) is 8.28. The molecule has 3 aliphatic heterocycles. The second-order valence-electron chi connectivity index (χ2n) is 16.4. The Labute approximate surface area is 329 Å². The quantitative estimate of drug-likeness (QED) is 0.162. The number of halogens is 3. The largest absolute Gasteiger partial charge is 0.444 e. The van der Waals surface area contributed by atoms with Gasteiger partial charge in [0.05, 0.1) is 52.1 Å². The number of fused-ring (bicyclic) bond motifs is 4. The molecule has 2 aromatic heterocycles. The average molecular weight is 811 g/mol. The van der Waals surface area contributed by atoms with E-state index in [1.807, 2.05) is 39.8 Å². The van der Waals surface area contributed by atoms with E-state index < -0.39 is 39.8 Å². The molecule has 11 nitrogen and oxygen atoms in total. The van der Waals surface area contributed by atoms with Crippen molar-refractivity contribution >= 4 is 67.1 Å². The third-order valence-electron chi connectivity index (χ3n) is 11.3. The number of aryl methyl sites for hydroxylation is 2. The molecule has 2 saturated carbocycles. The Kier molecular flexibility index (Phi) is 9.39. The zero-order chi connectivity index (χ0) is 39.3. The number of hydrogen-bond donors (Lipinski definition) is 0. The van der Waals surface area contributed by atoms with Crippen molar-refractivity contribution in [1.82, 2.24) is 19.4 Å². The molecule has 55 heavy (non-hydrogen) atoms. The minimum Gasteiger partial charge on any atom is -0.444 e. The molecule has 5 atom stereocenters. The second kappa shape index (κ2) is 13.6. The van der Waals surface area contributed by atoms with Gasteiger partial charge in [-0.2, -0.15) is 13.7 Å². The normalized spacial score (nSPS) is 23.7. The lowest BCUT2D eigenvalue weighted by Gasteiger charge is -2.40. The Bertz CT molecular complexity index is 2440. The number of amides is 2. The zero-order valence-corrected chi connectivity index (χ0v) is 33.6. The van der Waals surface area contributed by atoms with E-state index in [0.717, 1.165) is 36.6 Å². The number of aromatic nitrogens is 2. The fourth-order valence-electron chi connectivity index (χ4n) is 8.97. The number of rotatable bonds is 8. The SMILES string of the molecule is Cc1nc2c(F)c(-c3cccc(Cl)c3Cl)c(CCC#N)cc2c2c1cc([C@H]1C[C@@H](OS(C)(=O)=O)CN1C(=O)C1CC1)n2[C@H]1[C@@H]2C[C@H]1N(C(=O)OC(C)(C)C)C2. The Morgan fingerprint density at radius 1 is 1.09 bits per heavy atom. The van der Waals surface area contributed by atoms with Crippen LogP contribution in [-0.2, 0) is 30.3 Å². The monoisotopic (exact) mass is 809 g/mol. The van der Waals surface area contributed by atoms with E-state index in [1.54, 1.807) is 28.0 Å². The van der Waals surface area contributed by atoms with E-state index >= 15 is 4.39 Å². The van der Waals surface area contributed by atoms with Crippen LogP contribution in [0.15, 0.2) is 30.3 Å². The summed E-state index contributed by atoms with van der Waals surface area (Å²) in [7, 11) is -3.83. The number of benzene rings is 2. The molecule has 2 aromatic carbocycles. The number of likely N-dealkylation sites (tertiary alicyclic amines) is 1. The lowest BCUT2D eigenvalue weighted by Crippen LogP contribution is -2.45. The third-order valence-corrected chi connectivity index (χ3v) is 12.8. The molecule has 0 unspecified atom stereocenters. The van der Waals surface area contributed by atoms with Crippen molar-refractivity contribution in [3.63, 3.8) is 0 Å². The van der Waals surface area contributed by atoms with E-state index in [4.69, 9.17) is 37.1 Å². The van der Waals surface area contributed by atoms with Crippen molar-refractivity contribution in [2.24, 2.45) is 11.8 Å². The first-order valence-corrected chi connectivity index (χ1v) is 21.2. The van der Waals surface area contributed by atoms with Gasteiger partial charge in [-0.05, 0) is 77.1 Å². The van der Waals surface area contributed by atoms with Crippen molar-refractivity contribution in [2.75, 3.05) is 19.3 Å². The number of pyridine rings is 1. The number of nitrogens with zero attached hydrogens (tertiary/aromatic N) is 5. The summed E-state index contributed by atoms with van der Waals surface area (Å²) in [6.45, 7) is 7.85. The number of carbonyl (C=O) groups is 2. The number of carbonyl (C=O) groups excluding carboxylic acids is 2. The highest BCUT2D eigenvalue weighted by molar-refractivity contribution is 7.86. The molecule has 9 rings (SSSR count). The van der Waals surface area contributed by atoms with Gasteiger partial charge in [0.2, 0.25) is 5.91 Å². The van der Waals surface area contributed by atoms with E-state index in [-0.39, 0.29) is 76.8 Å². The van der Waals surface area contributed by atoms with Crippen molar-refractivity contribution in [3.8, 4) is 17.2 Å². The molecule has 5 aliphatic rings. The molecule has 0 spiro atoms. The topological polar surface area (TPSA) is 135 Å². The minimum atomic E-state index is -3.83. The predicted molar refractivity (Wildman–Crippen MR) is 207 cm³/mol. The van der Waals surface area contributed by atoms with Crippen LogP contribution in [0.4, 0.5) is 9.18 Å². The van der Waals surface area contributed by atoms with Gasteiger partial charge in [0.15, 0.2) is 5.82 Å². The minimum absolute atomic E-state index is 0.0277. The van der Waals surface area contributed by atoms with Crippen LogP contribution in [0.1, 0.15) is 81.9 Å². The highest BCUT2D eigenvalue weighted by atomic mass is 35.5. The standard InChI is InChI=1S/C40H42Cl2FN5O6S/c1-20-26-17-30(29-16-24(54-55(5,51)52)19-46(29)38(49)21-11-12-21)48(36-23-15-31(36)47(18-23)39(50)53-40(2,3)4)37(26)27-14-22(8-7-13-44)32(34(43)35(27)45-20)25-9-6-10-28(41)33(25)42/h6,9-10,14,17,21,23-24,29,31,36H,7-8,11-12,15-16,18-19H2,1-5H3/t23-,24-,29-,31-,36+/m1/s1. The highest BCUT2D eigenvalue weighted by Gasteiger charge is 2.57. The number of nitriles is 1. The molecule has 2 aliphatic carbocycles. The maximum Gasteiger partial charge on any atom is 0.410 e. The maximum atomic E-state index is 17.3. The van der Waals surface area contributed by atoms with Gasteiger partial charge in [-0.3, -0.25) is 8.98 Å². The van der Waals surface area contributed by atoms with E-state index in [1.165, 1.54) is 0 Å². The first-order chi connectivity index (χ1) is 26.0. The van der Waals surface area contributed by atoms with Crippen LogP contribution < -0.4 is 0 Å². The molecular weight excluding hydrogens is 768 g/mol. The number of ether oxygens (including phenoxy) is 1. The maximum absolute atomic E-state index is 17.3. The Morgan fingerprint density at radius 2 is 1.84 bits per heavy atom. The molecule has 0 radical (unpaired) electrons. The van der Waals surface area contributed by atoms with Crippen LogP contribution >= 0.6 is 23.2 Å². The van der Waals surface area contributed by atoms with Gasteiger partial charge in [-0.25, -0.2) is 14.2 Å². The number of hydrogen-bond acceptors (Lipinski definition) is 8. The van der Waals surface area contributed by atoms with Gasteiger partial charge in [0.1, 0.15) is 11.1 Å². The van der Waals surface area contributed by atoms with E-state index in [2.05, 4.69) is 10.6 Å². The lowest BCUT2D eigenvalue weighted by atomic mass is 9.79. The molecule has 0 N–H and O–H groups in total. The van der Waals surface area contributed by atoms with Gasteiger partial charge in [-0.1, -0.05) is 35.3 Å². The third kappa shape index (κ3) is 6.73. The van der Waals surface area contributed by atoms with Crippen LogP contribution in [0, 0.1) is 35.9 Å². The lowest BCUT2D eigenvalue weighted by molar-refractivity contribution is -0.133. The molecule has 15 heteroatoms. The smallest absolute Gasteiger partial charge is 0.410 e. The first-order valence-electron chi connectivity index (χ1n) is 18.6. The van der Waals surface area contributed by atoms with Crippen LogP contribution in [0.3, 0.4) is 0 Å². The van der Waals surface area contributed by atoms with Gasteiger partial charge in [0.25, 0.3) is 10.1 Å². The summed E-state index contributed by atoms with van der Waals surface area (Å²) in [5.41, 5.74) is 2.55. The highest BCUT2D eigenvalue weighted by Crippen LogP contribution is 2.54. The summed E-state index contributed by atoms with van der Waals surface area (Å²) in [4.78, 5) is 35.8. The van der Waals surface area contributed by atoms with Gasteiger partial charge >= 0.3 is 6.09 Å². The van der Waals surface area contributed by atoms with Gasteiger partial charge < -0.3 is 19.1 Å². The Hall–Kier alpha value is -3.96. The molecule has 2 bridgehead atoms. The molecular formula is C40H42Cl2FN5O6S. The van der Waals surface area contributed by atoms with Gasteiger partial charge in [-0.15, -0.1) is 0 Å². The van der Waals surface area contributed by atoms with Crippen LogP contribution in [-0.4, -0.2) is 76.9 Å². The van der Waals surface area contributed by atoms with Crippen LogP contribution in [0.2, 0.25) is 10.0 Å². The molecule has 3 saturated heterocycles. The summed E-state index contributed by atoms with van der Waals surface area (Å²) >= 11 is 13.1. The Morgan fingerprint density at radius 3 is 2.51 bits per heavy atom. The molecule has 2 amide bonds. The fraction of sp³-hybridized carbons (Fsp3) is 0.500. The van der Waals surface area contributed by atoms with Gasteiger partial charge in [0, 0.05) is 71.1 Å². The fourth-order valence-corrected chi connectivity index (χ4v) is 9.99. The Balaban J connectivity index is 1.38. The summed E-state index contributed by atoms with van der Waals surface area (Å²) in [5.74, 6) is -0.771. The summed E-state index contributed by atoms with van der Waals surface area (Å²) in [6.07, 6.45) is 2.66.